The summed E-state index contributed by atoms with van der Waals surface area (Å²) in [7, 11) is 0. The summed E-state index contributed by atoms with van der Waals surface area (Å²) >= 11 is 0. The number of nitrogens with zero attached hydrogens (tertiary/aromatic N) is 2. The molecule has 0 bridgehead atoms. The van der Waals surface area contributed by atoms with E-state index in [0.29, 0.717) is 6.61 Å². The monoisotopic (exact) mass is 259 g/mol. The fraction of sp³-hybridized carbons (Fsp3) is 0.467. The number of aliphatic hydroxyl groups is 1. The lowest BCUT2D eigenvalue weighted by molar-refractivity contribution is 0.283. The highest BCUT2D eigenvalue weighted by molar-refractivity contribution is 5.76. The van der Waals surface area contributed by atoms with Crippen molar-refractivity contribution in [2.75, 3.05) is 18.5 Å². The maximum Gasteiger partial charge on any atom is 0.148 e. The van der Waals surface area contributed by atoms with Gasteiger partial charge in [-0.05, 0) is 31.9 Å². The van der Waals surface area contributed by atoms with Gasteiger partial charge in [0, 0.05) is 13.2 Å². The third kappa shape index (κ3) is 3.89. The first kappa shape index (κ1) is 13.7. The number of hydrogen-bond acceptors (Lipinski definition) is 4. The van der Waals surface area contributed by atoms with Crippen molar-refractivity contribution in [3.05, 3.63) is 30.0 Å². The molecule has 0 atom stereocenters. The van der Waals surface area contributed by atoms with Crippen LogP contribution >= 0.6 is 0 Å². The predicted octanol–water partition coefficient (Wildman–Crippen LogP) is 2.90. The van der Waals surface area contributed by atoms with Crippen LogP contribution in [0.4, 0.5) is 5.82 Å². The van der Waals surface area contributed by atoms with Crippen molar-refractivity contribution in [2.45, 2.75) is 32.6 Å². The Hall–Kier alpha value is -1.68. The molecule has 0 aliphatic rings. The highest BCUT2D eigenvalue weighted by atomic mass is 16.2. The SMILES string of the molecule is Cc1nc2ccccc2nc1NCCCCCCO. The highest BCUT2D eigenvalue weighted by Gasteiger charge is 2.03. The summed E-state index contributed by atoms with van der Waals surface area (Å²) in [6.45, 7) is 3.18. The number of anilines is 1. The van der Waals surface area contributed by atoms with E-state index < -0.39 is 0 Å². The average molecular weight is 259 g/mol. The van der Waals surface area contributed by atoms with Gasteiger partial charge in [-0.25, -0.2) is 9.97 Å². The van der Waals surface area contributed by atoms with Crippen LogP contribution in [0.15, 0.2) is 24.3 Å². The zero-order valence-corrected chi connectivity index (χ0v) is 11.4. The molecule has 4 heteroatoms. The molecular weight excluding hydrogens is 238 g/mol. The molecule has 0 aliphatic carbocycles. The molecule has 19 heavy (non-hydrogen) atoms. The number of fused-ring (bicyclic) bond motifs is 1. The lowest BCUT2D eigenvalue weighted by atomic mass is 10.2. The fourth-order valence-electron chi connectivity index (χ4n) is 2.05. The number of hydrogen-bond donors (Lipinski definition) is 2. The summed E-state index contributed by atoms with van der Waals surface area (Å²) in [4.78, 5) is 9.14. The molecule has 4 nitrogen and oxygen atoms in total. The molecule has 2 aromatic rings. The summed E-state index contributed by atoms with van der Waals surface area (Å²) < 4.78 is 0. The van der Waals surface area contributed by atoms with Crippen molar-refractivity contribution < 1.29 is 5.11 Å². The molecule has 0 fully saturated rings. The van der Waals surface area contributed by atoms with Gasteiger partial charge in [-0.2, -0.15) is 0 Å². The van der Waals surface area contributed by atoms with E-state index in [-0.39, 0.29) is 0 Å². The van der Waals surface area contributed by atoms with E-state index in [1.165, 1.54) is 0 Å². The number of aliphatic hydroxyl groups excluding tert-OH is 1. The summed E-state index contributed by atoms with van der Waals surface area (Å²) in [5.74, 6) is 0.876. The van der Waals surface area contributed by atoms with Crippen LogP contribution in [0, 0.1) is 6.92 Å². The minimum Gasteiger partial charge on any atom is -0.396 e. The molecule has 1 aromatic heterocycles. The van der Waals surface area contributed by atoms with Crippen LogP contribution in [0.5, 0.6) is 0 Å². The van der Waals surface area contributed by atoms with Crippen LogP contribution in [-0.4, -0.2) is 28.2 Å². The maximum absolute atomic E-state index is 8.70. The first-order valence-electron chi connectivity index (χ1n) is 6.89. The van der Waals surface area contributed by atoms with Crippen molar-refractivity contribution in [3.8, 4) is 0 Å². The van der Waals surface area contributed by atoms with Gasteiger partial charge in [0.05, 0.1) is 16.7 Å². The lowest BCUT2D eigenvalue weighted by Crippen LogP contribution is -2.06. The van der Waals surface area contributed by atoms with Gasteiger partial charge < -0.3 is 10.4 Å². The summed E-state index contributed by atoms with van der Waals surface area (Å²) in [5.41, 5.74) is 2.80. The van der Waals surface area contributed by atoms with E-state index in [1.54, 1.807) is 0 Å². The van der Waals surface area contributed by atoms with Crippen LogP contribution in [0.3, 0.4) is 0 Å². The normalized spacial score (nSPS) is 10.8. The van der Waals surface area contributed by atoms with E-state index >= 15 is 0 Å². The largest absolute Gasteiger partial charge is 0.396 e. The van der Waals surface area contributed by atoms with Gasteiger partial charge in [-0.3, -0.25) is 0 Å². The van der Waals surface area contributed by atoms with Crippen LogP contribution in [-0.2, 0) is 0 Å². The Labute approximate surface area is 113 Å². The summed E-state index contributed by atoms with van der Waals surface area (Å²) in [6.07, 6.45) is 4.21. The minimum atomic E-state index is 0.294. The Kier molecular flexibility index (Phi) is 5.10. The lowest BCUT2D eigenvalue weighted by Gasteiger charge is -2.09. The molecule has 1 heterocycles. The zero-order valence-electron chi connectivity index (χ0n) is 11.4. The molecule has 102 valence electrons. The van der Waals surface area contributed by atoms with Gasteiger partial charge in [-0.15, -0.1) is 0 Å². The third-order valence-electron chi connectivity index (χ3n) is 3.12. The summed E-state index contributed by atoms with van der Waals surface area (Å²) in [6, 6.07) is 7.91. The number of para-hydroxylation sites is 2. The van der Waals surface area contributed by atoms with Crippen molar-refractivity contribution in [1.82, 2.24) is 9.97 Å². The number of unbranched alkanes of at least 4 members (excludes halogenated alkanes) is 3. The number of rotatable bonds is 7. The third-order valence-corrected chi connectivity index (χ3v) is 3.12. The quantitative estimate of drug-likeness (QED) is 0.751. The standard InChI is InChI=1S/C15H21N3O/c1-12-15(16-10-6-2-3-7-11-19)18-14-9-5-4-8-13(14)17-12/h4-5,8-9,19H,2-3,6-7,10-11H2,1H3,(H,16,18). The van der Waals surface area contributed by atoms with Gasteiger partial charge in [0.2, 0.25) is 0 Å². The number of aryl methyl sites for hydroxylation is 1. The minimum absolute atomic E-state index is 0.294. The van der Waals surface area contributed by atoms with Gasteiger partial charge in [-0.1, -0.05) is 25.0 Å². The van der Waals surface area contributed by atoms with E-state index in [9.17, 15) is 0 Å². The van der Waals surface area contributed by atoms with E-state index in [4.69, 9.17) is 5.11 Å². The number of nitrogens with one attached hydrogen (secondary N) is 1. The zero-order chi connectivity index (χ0) is 13.5. The highest BCUT2D eigenvalue weighted by Crippen LogP contribution is 2.15. The van der Waals surface area contributed by atoms with Crippen molar-refractivity contribution in [3.63, 3.8) is 0 Å². The Morgan fingerprint density at radius 2 is 1.68 bits per heavy atom. The van der Waals surface area contributed by atoms with Crippen LogP contribution in [0.2, 0.25) is 0 Å². The maximum atomic E-state index is 8.70. The Morgan fingerprint density at radius 1 is 1.00 bits per heavy atom. The second-order valence-electron chi connectivity index (χ2n) is 4.71. The van der Waals surface area contributed by atoms with Gasteiger partial charge in [0.25, 0.3) is 0 Å². The van der Waals surface area contributed by atoms with Crippen LogP contribution < -0.4 is 5.32 Å². The molecule has 1 aromatic carbocycles. The molecule has 0 aliphatic heterocycles. The molecule has 0 saturated heterocycles. The number of benzene rings is 1. The van der Waals surface area contributed by atoms with Crippen LogP contribution in [0.25, 0.3) is 11.0 Å². The second-order valence-corrected chi connectivity index (χ2v) is 4.71. The smallest absolute Gasteiger partial charge is 0.148 e. The number of aromatic nitrogens is 2. The topological polar surface area (TPSA) is 58.0 Å². The van der Waals surface area contributed by atoms with E-state index in [2.05, 4.69) is 15.3 Å². The molecule has 2 rings (SSSR count). The van der Waals surface area contributed by atoms with Gasteiger partial charge in [0.1, 0.15) is 5.82 Å². The summed E-state index contributed by atoms with van der Waals surface area (Å²) in [5, 5.41) is 12.0. The molecular formula is C15H21N3O. The molecule has 0 spiro atoms. The Morgan fingerprint density at radius 3 is 2.42 bits per heavy atom. The predicted molar refractivity (Wildman–Crippen MR) is 78.3 cm³/mol. The first-order chi connectivity index (χ1) is 9.31. The van der Waals surface area contributed by atoms with Crippen molar-refractivity contribution in [1.29, 1.82) is 0 Å². The van der Waals surface area contributed by atoms with Crippen LogP contribution in [0.1, 0.15) is 31.4 Å². The Bertz CT molecular complexity index is 528. The van der Waals surface area contributed by atoms with E-state index in [1.807, 2.05) is 31.2 Å². The fourth-order valence-corrected chi connectivity index (χ4v) is 2.05. The Balaban J connectivity index is 1.91. The average Bonchev–Trinajstić information content (AvgIpc) is 2.43. The molecule has 0 unspecified atom stereocenters. The molecule has 0 saturated carbocycles. The molecule has 2 N–H and O–H groups in total. The van der Waals surface area contributed by atoms with Gasteiger partial charge >= 0.3 is 0 Å². The van der Waals surface area contributed by atoms with Crippen molar-refractivity contribution >= 4 is 16.9 Å². The molecule has 0 radical (unpaired) electrons. The first-order valence-corrected chi connectivity index (χ1v) is 6.89. The van der Waals surface area contributed by atoms with Gasteiger partial charge in [0.15, 0.2) is 0 Å². The van der Waals surface area contributed by atoms with E-state index in [0.717, 1.165) is 54.8 Å². The second kappa shape index (κ2) is 7.04. The molecule has 0 amide bonds. The van der Waals surface area contributed by atoms with Crippen molar-refractivity contribution in [2.24, 2.45) is 0 Å².